The molecule has 26 heavy (non-hydrogen) atoms. The SMILES string of the molecule is O=C(O)CCCCCCc1c(O)[nH]c(=O)n1CCC(O)C1CCCCC1. The Morgan fingerprint density at radius 3 is 2.54 bits per heavy atom. The molecule has 0 aliphatic heterocycles. The van der Waals surface area contributed by atoms with Crippen molar-refractivity contribution in [2.45, 2.75) is 89.7 Å². The Bertz CT molecular complexity index is 616. The smallest absolute Gasteiger partial charge is 0.328 e. The Kier molecular flexibility index (Phi) is 8.22. The van der Waals surface area contributed by atoms with Crippen molar-refractivity contribution in [1.82, 2.24) is 9.55 Å². The molecule has 0 spiro atoms. The van der Waals surface area contributed by atoms with E-state index in [1.54, 1.807) is 4.57 Å². The summed E-state index contributed by atoms with van der Waals surface area (Å²) in [7, 11) is 0. The molecule has 0 radical (unpaired) electrons. The minimum absolute atomic E-state index is 0.0901. The fourth-order valence-corrected chi connectivity index (χ4v) is 3.92. The number of aromatic amines is 1. The van der Waals surface area contributed by atoms with Gasteiger partial charge in [-0.2, -0.15) is 0 Å². The maximum absolute atomic E-state index is 12.1. The van der Waals surface area contributed by atoms with Crippen LogP contribution in [-0.2, 0) is 17.8 Å². The number of carboxylic acids is 1. The van der Waals surface area contributed by atoms with E-state index in [1.165, 1.54) is 19.3 Å². The van der Waals surface area contributed by atoms with E-state index in [0.717, 1.165) is 32.1 Å². The number of aliphatic hydroxyl groups excluding tert-OH is 1. The first kappa shape index (κ1) is 20.6. The van der Waals surface area contributed by atoms with Gasteiger partial charge in [-0.05, 0) is 44.4 Å². The zero-order chi connectivity index (χ0) is 18.9. The predicted molar refractivity (Wildman–Crippen MR) is 98.3 cm³/mol. The van der Waals surface area contributed by atoms with E-state index < -0.39 is 12.1 Å². The van der Waals surface area contributed by atoms with Gasteiger partial charge in [-0.25, -0.2) is 4.79 Å². The standard InChI is InChI=1S/C19H32N2O5/c22-16(14-8-4-3-5-9-14)12-13-21-15(18(25)20-19(21)26)10-6-1-2-7-11-17(23)24/h14,16,22,25H,1-13H2,(H,20,26)(H,23,24). The largest absolute Gasteiger partial charge is 0.493 e. The molecule has 1 unspecified atom stereocenters. The molecule has 1 atom stereocenters. The number of hydrogen-bond donors (Lipinski definition) is 4. The molecule has 1 heterocycles. The monoisotopic (exact) mass is 368 g/mol. The summed E-state index contributed by atoms with van der Waals surface area (Å²) in [6.45, 7) is 0.405. The van der Waals surface area contributed by atoms with Gasteiger partial charge in [0.15, 0.2) is 0 Å². The summed E-state index contributed by atoms with van der Waals surface area (Å²) in [6, 6.07) is 0. The van der Waals surface area contributed by atoms with Gasteiger partial charge >= 0.3 is 11.7 Å². The summed E-state index contributed by atoms with van der Waals surface area (Å²) in [4.78, 5) is 25.0. The molecule has 0 aromatic carbocycles. The Morgan fingerprint density at radius 2 is 1.85 bits per heavy atom. The van der Waals surface area contributed by atoms with E-state index in [2.05, 4.69) is 4.98 Å². The molecule has 1 aromatic rings. The lowest BCUT2D eigenvalue weighted by molar-refractivity contribution is -0.137. The Balaban J connectivity index is 1.82. The number of carbonyl (C=O) groups is 1. The highest BCUT2D eigenvalue weighted by Gasteiger charge is 2.22. The van der Waals surface area contributed by atoms with E-state index in [0.29, 0.717) is 37.4 Å². The maximum atomic E-state index is 12.1. The predicted octanol–water partition coefficient (Wildman–Crippen LogP) is 2.79. The van der Waals surface area contributed by atoms with Gasteiger partial charge in [-0.1, -0.05) is 32.1 Å². The molecule has 1 fully saturated rings. The van der Waals surface area contributed by atoms with Crippen LogP contribution in [0.4, 0.5) is 0 Å². The number of imidazole rings is 1. The molecule has 7 heteroatoms. The first-order valence-corrected chi connectivity index (χ1v) is 9.89. The summed E-state index contributed by atoms with van der Waals surface area (Å²) in [5, 5.41) is 29.0. The zero-order valence-corrected chi connectivity index (χ0v) is 15.5. The maximum Gasteiger partial charge on any atom is 0.328 e. The van der Waals surface area contributed by atoms with Crippen LogP contribution in [0.1, 0.15) is 76.3 Å². The second-order valence-electron chi connectivity index (χ2n) is 7.44. The van der Waals surface area contributed by atoms with E-state index in [4.69, 9.17) is 5.11 Å². The van der Waals surface area contributed by atoms with Crippen molar-refractivity contribution in [1.29, 1.82) is 0 Å². The first-order valence-electron chi connectivity index (χ1n) is 9.89. The number of hydrogen-bond acceptors (Lipinski definition) is 4. The molecule has 7 nitrogen and oxygen atoms in total. The average molecular weight is 368 g/mol. The highest BCUT2D eigenvalue weighted by molar-refractivity contribution is 5.66. The van der Waals surface area contributed by atoms with Crippen LogP contribution < -0.4 is 5.69 Å². The molecule has 1 saturated carbocycles. The third-order valence-electron chi connectivity index (χ3n) is 5.47. The van der Waals surface area contributed by atoms with Crippen molar-refractivity contribution in [2.24, 2.45) is 5.92 Å². The number of rotatable bonds is 11. The Hall–Kier alpha value is -1.76. The lowest BCUT2D eigenvalue weighted by atomic mass is 9.84. The quantitative estimate of drug-likeness (QED) is 0.448. The van der Waals surface area contributed by atoms with E-state index in [1.807, 2.05) is 0 Å². The number of aliphatic hydroxyl groups is 1. The summed E-state index contributed by atoms with van der Waals surface area (Å²) in [5.74, 6) is -0.545. The molecule has 0 bridgehead atoms. The number of aromatic hydroxyl groups is 1. The summed E-state index contributed by atoms with van der Waals surface area (Å²) < 4.78 is 1.54. The fraction of sp³-hybridized carbons (Fsp3) is 0.789. The molecule has 1 aliphatic carbocycles. The van der Waals surface area contributed by atoms with Crippen LogP contribution in [-0.4, -0.2) is 36.9 Å². The number of H-pyrrole nitrogens is 1. The van der Waals surface area contributed by atoms with Gasteiger partial charge in [-0.15, -0.1) is 0 Å². The number of aliphatic carboxylic acids is 1. The van der Waals surface area contributed by atoms with Crippen LogP contribution in [0, 0.1) is 5.92 Å². The summed E-state index contributed by atoms with van der Waals surface area (Å²) in [5.41, 5.74) is 0.253. The van der Waals surface area contributed by atoms with Gasteiger partial charge < -0.3 is 15.3 Å². The number of carboxylic acid groups (broad SMARTS) is 1. The van der Waals surface area contributed by atoms with Gasteiger partial charge in [0, 0.05) is 13.0 Å². The first-order chi connectivity index (χ1) is 12.5. The van der Waals surface area contributed by atoms with Crippen molar-refractivity contribution in [3.8, 4) is 5.88 Å². The van der Waals surface area contributed by atoms with Gasteiger partial charge in [0.1, 0.15) is 0 Å². The fourth-order valence-electron chi connectivity index (χ4n) is 3.92. The van der Waals surface area contributed by atoms with Crippen LogP contribution in [0.5, 0.6) is 5.88 Å². The second-order valence-corrected chi connectivity index (χ2v) is 7.44. The highest BCUT2D eigenvalue weighted by atomic mass is 16.4. The van der Waals surface area contributed by atoms with Crippen LogP contribution in [0.3, 0.4) is 0 Å². The molecule has 1 aliphatic rings. The van der Waals surface area contributed by atoms with Crippen molar-refractivity contribution in [3.05, 3.63) is 16.2 Å². The minimum Gasteiger partial charge on any atom is -0.493 e. The second kappa shape index (κ2) is 10.4. The molecular formula is C19H32N2O5. The van der Waals surface area contributed by atoms with Crippen LogP contribution in [0.2, 0.25) is 0 Å². The number of unbranched alkanes of at least 4 members (excludes halogenated alkanes) is 3. The van der Waals surface area contributed by atoms with Gasteiger partial charge in [0.2, 0.25) is 5.88 Å². The average Bonchev–Trinajstić information content (AvgIpc) is 2.89. The molecule has 1 aromatic heterocycles. The van der Waals surface area contributed by atoms with Crippen molar-refractivity contribution >= 4 is 5.97 Å². The highest BCUT2D eigenvalue weighted by Crippen LogP contribution is 2.28. The molecule has 4 N–H and O–H groups in total. The van der Waals surface area contributed by atoms with Crippen molar-refractivity contribution in [2.75, 3.05) is 0 Å². The van der Waals surface area contributed by atoms with Crippen LogP contribution in [0.25, 0.3) is 0 Å². The van der Waals surface area contributed by atoms with Crippen LogP contribution >= 0.6 is 0 Å². The van der Waals surface area contributed by atoms with Gasteiger partial charge in [-0.3, -0.25) is 14.3 Å². The normalized spacial score (nSPS) is 16.7. The zero-order valence-electron chi connectivity index (χ0n) is 15.5. The van der Waals surface area contributed by atoms with Gasteiger partial charge in [0.05, 0.1) is 11.8 Å². The summed E-state index contributed by atoms with van der Waals surface area (Å²) in [6.07, 6.45) is 9.66. The molecule has 2 rings (SSSR count). The Morgan fingerprint density at radius 1 is 1.15 bits per heavy atom. The Labute approximate surface area is 154 Å². The molecule has 0 saturated heterocycles. The molecular weight excluding hydrogens is 336 g/mol. The van der Waals surface area contributed by atoms with Crippen molar-refractivity contribution in [3.63, 3.8) is 0 Å². The molecule has 148 valence electrons. The topological polar surface area (TPSA) is 116 Å². The lowest BCUT2D eigenvalue weighted by Gasteiger charge is -2.26. The van der Waals surface area contributed by atoms with Gasteiger partial charge in [0.25, 0.3) is 0 Å². The van der Waals surface area contributed by atoms with E-state index >= 15 is 0 Å². The minimum atomic E-state index is -0.779. The number of nitrogens with zero attached hydrogens (tertiary/aromatic N) is 1. The van der Waals surface area contributed by atoms with Crippen molar-refractivity contribution < 1.29 is 20.1 Å². The third kappa shape index (κ3) is 6.20. The summed E-state index contributed by atoms with van der Waals surface area (Å²) >= 11 is 0. The van der Waals surface area contributed by atoms with Crippen LogP contribution in [0.15, 0.2) is 4.79 Å². The lowest BCUT2D eigenvalue weighted by Crippen LogP contribution is -2.27. The molecule has 0 amide bonds. The van der Waals surface area contributed by atoms with E-state index in [9.17, 15) is 19.8 Å². The number of nitrogens with one attached hydrogen (secondary N) is 1. The number of aromatic nitrogens is 2. The van der Waals surface area contributed by atoms with E-state index in [-0.39, 0.29) is 18.0 Å². The third-order valence-corrected chi connectivity index (χ3v) is 5.47.